The number of rotatable bonds is 7. The Morgan fingerprint density at radius 2 is 1.75 bits per heavy atom. The summed E-state index contributed by atoms with van der Waals surface area (Å²) in [5.74, 6) is -2.36. The van der Waals surface area contributed by atoms with Crippen LogP contribution in [0, 0.1) is 0 Å². The van der Waals surface area contributed by atoms with E-state index in [9.17, 15) is 24.6 Å². The zero-order chi connectivity index (χ0) is 22.7. The van der Waals surface area contributed by atoms with Crippen LogP contribution >= 0.6 is 0 Å². The molecule has 4 atom stereocenters. The number of carbonyl (C=O) groups is 3. The summed E-state index contributed by atoms with van der Waals surface area (Å²) in [4.78, 5) is 39.1. The number of nitrogens with one attached hydrogen (secondary N) is 1. The summed E-state index contributed by atoms with van der Waals surface area (Å²) in [7, 11) is 0. The largest absolute Gasteiger partial charge is 0.480 e. The average Bonchev–Trinajstić information content (AvgIpc) is 2.92. The second kappa shape index (κ2) is 9.53. The van der Waals surface area contributed by atoms with Crippen LogP contribution in [0.3, 0.4) is 0 Å². The first kappa shape index (κ1) is 22.0. The fourth-order valence-electron chi connectivity index (χ4n) is 4.99. The summed E-state index contributed by atoms with van der Waals surface area (Å²) in [6.45, 7) is 0. The molecule has 0 bridgehead atoms. The summed E-state index contributed by atoms with van der Waals surface area (Å²) in [5, 5.41) is 22.7. The van der Waals surface area contributed by atoms with Gasteiger partial charge in [-0.1, -0.05) is 54.6 Å². The number of piperidine rings is 1. The Bertz CT molecular complexity index is 993. The van der Waals surface area contributed by atoms with E-state index in [0.717, 1.165) is 23.1 Å². The first-order valence-electron chi connectivity index (χ1n) is 11.1. The highest BCUT2D eigenvalue weighted by atomic mass is 16.4. The predicted molar refractivity (Wildman–Crippen MR) is 118 cm³/mol. The molecule has 7 heteroatoms. The number of nitrogens with zero attached hydrogens (tertiary/aromatic N) is 1. The van der Waals surface area contributed by atoms with Crippen LogP contribution in [-0.4, -0.2) is 51.1 Å². The molecular formula is C25H28N2O5. The third kappa shape index (κ3) is 4.53. The average molecular weight is 437 g/mol. The molecule has 168 valence electrons. The summed E-state index contributed by atoms with van der Waals surface area (Å²) < 4.78 is 0. The van der Waals surface area contributed by atoms with Crippen LogP contribution in [0.2, 0.25) is 0 Å². The number of aryl methyl sites for hydroxylation is 1. The predicted octanol–water partition coefficient (Wildman–Crippen LogP) is 2.79. The van der Waals surface area contributed by atoms with Gasteiger partial charge in [-0.05, 0) is 55.2 Å². The highest BCUT2D eigenvalue weighted by Crippen LogP contribution is 2.39. The van der Waals surface area contributed by atoms with Gasteiger partial charge in [0.25, 0.3) is 0 Å². The number of amides is 1. The molecule has 0 aliphatic carbocycles. The van der Waals surface area contributed by atoms with Crippen LogP contribution in [0.1, 0.15) is 48.4 Å². The molecule has 0 radical (unpaired) electrons. The van der Waals surface area contributed by atoms with Crippen molar-refractivity contribution in [3.8, 4) is 0 Å². The van der Waals surface area contributed by atoms with E-state index in [0.29, 0.717) is 32.1 Å². The lowest BCUT2D eigenvalue weighted by atomic mass is 9.89. The quantitative estimate of drug-likeness (QED) is 0.616. The molecule has 32 heavy (non-hydrogen) atoms. The fourth-order valence-corrected chi connectivity index (χ4v) is 4.99. The van der Waals surface area contributed by atoms with Crippen molar-refractivity contribution >= 4 is 17.8 Å². The zero-order valence-electron chi connectivity index (χ0n) is 17.8. The first-order valence-corrected chi connectivity index (χ1v) is 11.1. The maximum absolute atomic E-state index is 13.6. The smallest absolute Gasteiger partial charge is 0.326 e. The van der Waals surface area contributed by atoms with Crippen molar-refractivity contribution in [3.63, 3.8) is 0 Å². The van der Waals surface area contributed by atoms with Gasteiger partial charge in [0.05, 0.1) is 12.1 Å². The number of fused-ring (bicyclic) bond motifs is 3. The van der Waals surface area contributed by atoms with Crippen molar-refractivity contribution < 1.29 is 24.6 Å². The minimum absolute atomic E-state index is 0.298. The highest BCUT2D eigenvalue weighted by Gasteiger charge is 2.44. The van der Waals surface area contributed by atoms with Crippen LogP contribution in [0.25, 0.3) is 0 Å². The lowest BCUT2D eigenvalue weighted by Crippen LogP contribution is -2.57. The second-order valence-electron chi connectivity index (χ2n) is 8.58. The zero-order valence-corrected chi connectivity index (χ0v) is 17.8. The van der Waals surface area contributed by atoms with Gasteiger partial charge in [0.15, 0.2) is 0 Å². The Morgan fingerprint density at radius 1 is 1.03 bits per heavy atom. The molecule has 1 saturated heterocycles. The highest BCUT2D eigenvalue weighted by molar-refractivity contribution is 5.89. The van der Waals surface area contributed by atoms with Crippen molar-refractivity contribution in [2.45, 2.75) is 62.7 Å². The molecule has 4 rings (SSSR count). The Labute approximate surface area is 187 Å². The van der Waals surface area contributed by atoms with Crippen LogP contribution < -0.4 is 5.32 Å². The van der Waals surface area contributed by atoms with Crippen LogP contribution in [0.5, 0.6) is 0 Å². The van der Waals surface area contributed by atoms with Crippen molar-refractivity contribution in [1.82, 2.24) is 10.2 Å². The number of benzene rings is 2. The number of carboxylic acids is 2. The van der Waals surface area contributed by atoms with Crippen LogP contribution in [-0.2, 0) is 27.2 Å². The molecule has 0 aromatic heterocycles. The lowest BCUT2D eigenvalue weighted by molar-refractivity contribution is -0.156. The molecule has 0 unspecified atom stereocenters. The van der Waals surface area contributed by atoms with E-state index in [2.05, 4.69) is 5.32 Å². The van der Waals surface area contributed by atoms with Gasteiger partial charge in [0.2, 0.25) is 5.91 Å². The molecule has 2 aliphatic heterocycles. The number of carbonyl (C=O) groups excluding carboxylic acids is 1. The molecule has 2 aromatic rings. The van der Waals surface area contributed by atoms with E-state index in [4.69, 9.17) is 0 Å². The van der Waals surface area contributed by atoms with Gasteiger partial charge < -0.3 is 15.1 Å². The first-order chi connectivity index (χ1) is 15.5. The standard InChI is InChI=1S/C25H28N2O5/c28-23-20(26-19(24(29)30)14-13-16-7-2-1-3-8-16)15-17-9-4-5-10-18(17)21-11-6-12-22(25(31)32)27(21)23/h1-5,7-10,19-22,26H,6,11-15H2,(H,29,30)(H,31,32)/t19-,20-,21+,22-/m0/s1. The van der Waals surface area contributed by atoms with Crippen molar-refractivity contribution in [2.24, 2.45) is 0 Å². The molecule has 1 amide bonds. The summed E-state index contributed by atoms with van der Waals surface area (Å²) in [5.41, 5.74) is 2.96. The van der Waals surface area contributed by atoms with Gasteiger partial charge in [0, 0.05) is 0 Å². The Morgan fingerprint density at radius 3 is 2.47 bits per heavy atom. The lowest BCUT2D eigenvalue weighted by Gasteiger charge is -2.41. The SMILES string of the molecule is O=C(O)[C@H](CCc1ccccc1)N[C@H]1Cc2ccccc2[C@H]2CCC[C@@H](C(=O)O)N2C1=O. The minimum Gasteiger partial charge on any atom is -0.480 e. The molecule has 3 N–H and O–H groups in total. The second-order valence-corrected chi connectivity index (χ2v) is 8.58. The maximum atomic E-state index is 13.6. The molecule has 2 aromatic carbocycles. The molecule has 7 nitrogen and oxygen atoms in total. The Balaban J connectivity index is 1.61. The molecule has 2 aliphatic rings. The summed E-state index contributed by atoms with van der Waals surface area (Å²) >= 11 is 0. The van der Waals surface area contributed by atoms with Gasteiger partial charge in [-0.2, -0.15) is 0 Å². The van der Waals surface area contributed by atoms with Crippen LogP contribution in [0.4, 0.5) is 0 Å². The van der Waals surface area contributed by atoms with Gasteiger partial charge in [0.1, 0.15) is 12.1 Å². The van der Waals surface area contributed by atoms with E-state index in [1.807, 2.05) is 54.6 Å². The van der Waals surface area contributed by atoms with Gasteiger partial charge >= 0.3 is 11.9 Å². The molecule has 0 saturated carbocycles. The third-order valence-electron chi connectivity index (χ3n) is 6.57. The molecule has 1 fully saturated rings. The molecule has 2 heterocycles. The fraction of sp³-hybridized carbons (Fsp3) is 0.400. The number of aliphatic carboxylic acids is 2. The monoisotopic (exact) mass is 436 g/mol. The Kier molecular flexibility index (Phi) is 6.55. The van der Waals surface area contributed by atoms with E-state index >= 15 is 0 Å². The van der Waals surface area contributed by atoms with E-state index < -0.39 is 30.1 Å². The van der Waals surface area contributed by atoms with E-state index in [-0.39, 0.29) is 11.9 Å². The van der Waals surface area contributed by atoms with Gasteiger partial charge in [-0.3, -0.25) is 14.9 Å². The van der Waals surface area contributed by atoms with Crippen molar-refractivity contribution in [2.75, 3.05) is 0 Å². The minimum atomic E-state index is -1.02. The number of hydrogen-bond donors (Lipinski definition) is 3. The van der Waals surface area contributed by atoms with Crippen molar-refractivity contribution in [1.29, 1.82) is 0 Å². The Hall–Kier alpha value is -3.19. The molecule has 0 spiro atoms. The number of hydrogen-bond acceptors (Lipinski definition) is 4. The van der Waals surface area contributed by atoms with E-state index in [1.54, 1.807) is 0 Å². The number of carboxylic acid groups (broad SMARTS) is 2. The maximum Gasteiger partial charge on any atom is 0.326 e. The van der Waals surface area contributed by atoms with Gasteiger partial charge in [-0.25, -0.2) is 4.79 Å². The van der Waals surface area contributed by atoms with Crippen LogP contribution in [0.15, 0.2) is 54.6 Å². The normalized spacial score (nSPS) is 23.6. The summed E-state index contributed by atoms with van der Waals surface area (Å²) in [6.07, 6.45) is 3.07. The van der Waals surface area contributed by atoms with E-state index in [1.165, 1.54) is 4.90 Å². The van der Waals surface area contributed by atoms with Crippen molar-refractivity contribution in [3.05, 3.63) is 71.3 Å². The molecular weight excluding hydrogens is 408 g/mol. The summed E-state index contributed by atoms with van der Waals surface area (Å²) in [6, 6.07) is 14.4. The topological polar surface area (TPSA) is 107 Å². The van der Waals surface area contributed by atoms with Gasteiger partial charge in [-0.15, -0.1) is 0 Å². The third-order valence-corrected chi connectivity index (χ3v) is 6.57.